The molecule has 0 saturated heterocycles. The Morgan fingerprint density at radius 2 is 1.62 bits per heavy atom. The Hall–Kier alpha value is 0.537. The Morgan fingerprint density at radius 1 is 1.19 bits per heavy atom. The van der Waals surface area contributed by atoms with Crippen LogP contribution in [0, 0.1) is 5.92 Å². The molecule has 0 amide bonds. The average Bonchev–Trinajstić information content (AvgIpc) is 2.13. The summed E-state index contributed by atoms with van der Waals surface area (Å²) in [5.74, 6) is -1.63. The van der Waals surface area contributed by atoms with Crippen molar-refractivity contribution in [3.05, 3.63) is 0 Å². The quantitative estimate of drug-likeness (QED) is 0.536. The van der Waals surface area contributed by atoms with Crippen LogP contribution in [0.25, 0.3) is 0 Å². The number of carbonyl (C=O) groups is 2. The predicted molar refractivity (Wildman–Crippen MR) is 66.3 cm³/mol. The summed E-state index contributed by atoms with van der Waals surface area (Å²) in [6.07, 6.45) is 3.34. The number of carboxylic acids is 2. The van der Waals surface area contributed by atoms with Gasteiger partial charge in [0.05, 0.1) is 0 Å². The Labute approximate surface area is 129 Å². The van der Waals surface area contributed by atoms with Gasteiger partial charge in [0.15, 0.2) is 0 Å². The van der Waals surface area contributed by atoms with E-state index in [1.54, 1.807) is 0 Å². The molecule has 4 nitrogen and oxygen atoms in total. The molecule has 0 bridgehead atoms. The van der Waals surface area contributed by atoms with Gasteiger partial charge in [-0.25, -0.2) is 0 Å². The van der Waals surface area contributed by atoms with Crippen LogP contribution in [-0.2, 0) is 9.59 Å². The fourth-order valence-corrected chi connectivity index (χ4v) is 1.23. The number of hydrogen-bond acceptors (Lipinski definition) is 2. The summed E-state index contributed by atoms with van der Waals surface area (Å²) < 4.78 is 0. The van der Waals surface area contributed by atoms with Crippen LogP contribution in [0.2, 0.25) is 5.09 Å². The molecule has 0 aromatic rings. The third-order valence-corrected chi connectivity index (χ3v) is 2.15. The average molecular weight is 234 g/mol. The summed E-state index contributed by atoms with van der Waals surface area (Å²) >= 11 is 2.28. The molecule has 16 heavy (non-hydrogen) atoms. The fraction of sp³-hybridized carbons (Fsp3) is 0.800. The second kappa shape index (κ2) is 15.5. The molecule has 0 aromatic heterocycles. The SMILES string of the molecule is O=C(O)CC(=O)O.[Li][CH2]C(CC)CCC.[NaH]. The normalized spacial score (nSPS) is 10.5. The van der Waals surface area contributed by atoms with Gasteiger partial charge >= 0.3 is 103 Å². The van der Waals surface area contributed by atoms with Crippen molar-refractivity contribution in [3.63, 3.8) is 0 Å². The standard InChI is InChI=1S/C7H15.C3H4O4.Li.Na.H/c1-4-6-7(3)5-2;4-2(5)1-3(6)7;;;/h7H,3-6H2,1-2H3;1H2,(H,4,5)(H,6,7);;;. The molecule has 0 radical (unpaired) electrons. The minimum atomic E-state index is -1.31. The van der Waals surface area contributed by atoms with E-state index in [2.05, 4.69) is 31.6 Å². The predicted octanol–water partition coefficient (Wildman–Crippen LogP) is 1.30. The van der Waals surface area contributed by atoms with Crippen molar-refractivity contribution in [2.75, 3.05) is 0 Å². The summed E-state index contributed by atoms with van der Waals surface area (Å²) in [6, 6.07) is 0. The first-order valence-electron chi connectivity index (χ1n) is 5.41. The topological polar surface area (TPSA) is 74.6 Å². The van der Waals surface area contributed by atoms with E-state index in [0.717, 1.165) is 5.92 Å². The molecular formula is C10H20LiNaO4. The van der Waals surface area contributed by atoms with Crippen LogP contribution in [0.4, 0.5) is 0 Å². The number of hydrogen-bond donors (Lipinski definition) is 2. The number of carboxylic acid groups (broad SMARTS) is 2. The second-order valence-corrected chi connectivity index (χ2v) is 3.44. The van der Waals surface area contributed by atoms with Crippen LogP contribution in [0.15, 0.2) is 0 Å². The molecule has 0 rings (SSSR count). The van der Waals surface area contributed by atoms with E-state index >= 15 is 0 Å². The zero-order valence-corrected chi connectivity index (χ0v) is 9.82. The van der Waals surface area contributed by atoms with E-state index < -0.39 is 18.4 Å². The molecule has 0 aromatic carbocycles. The van der Waals surface area contributed by atoms with Crippen LogP contribution in [-0.4, -0.2) is 69.4 Å². The van der Waals surface area contributed by atoms with Gasteiger partial charge in [-0.15, -0.1) is 0 Å². The summed E-state index contributed by atoms with van der Waals surface area (Å²) in [6.45, 7) is 4.54. The third-order valence-electron chi connectivity index (χ3n) is 2.15. The van der Waals surface area contributed by atoms with Crippen LogP contribution in [0.1, 0.15) is 39.5 Å². The van der Waals surface area contributed by atoms with Gasteiger partial charge in [0.1, 0.15) is 6.42 Å². The number of rotatable bonds is 6. The van der Waals surface area contributed by atoms with Crippen molar-refractivity contribution in [1.29, 1.82) is 0 Å². The van der Waals surface area contributed by atoms with Crippen LogP contribution < -0.4 is 0 Å². The van der Waals surface area contributed by atoms with Crippen molar-refractivity contribution >= 4 is 59.2 Å². The first kappa shape index (κ1) is 21.8. The van der Waals surface area contributed by atoms with Gasteiger partial charge < -0.3 is 10.2 Å². The Bertz CT molecular complexity index is 172. The van der Waals surface area contributed by atoms with E-state index in [9.17, 15) is 9.59 Å². The van der Waals surface area contributed by atoms with E-state index in [1.807, 2.05) is 0 Å². The van der Waals surface area contributed by atoms with Crippen molar-refractivity contribution in [3.8, 4) is 0 Å². The van der Waals surface area contributed by atoms with Gasteiger partial charge in [0.25, 0.3) is 0 Å². The molecule has 0 spiro atoms. The van der Waals surface area contributed by atoms with Crippen molar-refractivity contribution in [2.24, 2.45) is 5.92 Å². The molecule has 0 heterocycles. The maximum absolute atomic E-state index is 9.43. The van der Waals surface area contributed by atoms with Gasteiger partial charge in [-0.1, -0.05) is 0 Å². The van der Waals surface area contributed by atoms with E-state index in [1.165, 1.54) is 24.4 Å². The van der Waals surface area contributed by atoms with Crippen molar-refractivity contribution in [2.45, 2.75) is 44.6 Å². The summed E-state index contributed by atoms with van der Waals surface area (Å²) in [5.41, 5.74) is 0. The summed E-state index contributed by atoms with van der Waals surface area (Å²) in [5, 5.41) is 16.8. The van der Waals surface area contributed by atoms with Gasteiger partial charge in [0, 0.05) is 0 Å². The Morgan fingerprint density at radius 3 is 1.69 bits per heavy atom. The van der Waals surface area contributed by atoms with Crippen LogP contribution in [0.3, 0.4) is 0 Å². The van der Waals surface area contributed by atoms with Gasteiger partial charge in [-0.2, -0.15) is 0 Å². The molecule has 86 valence electrons. The summed E-state index contributed by atoms with van der Waals surface area (Å²) in [7, 11) is 0. The van der Waals surface area contributed by atoms with Crippen LogP contribution >= 0.6 is 0 Å². The maximum atomic E-state index is 9.43. The molecule has 1 unspecified atom stereocenters. The molecule has 1 atom stereocenters. The van der Waals surface area contributed by atoms with E-state index in [-0.39, 0.29) is 29.6 Å². The Kier molecular flexibility index (Phi) is 21.2. The molecule has 0 fully saturated rings. The molecule has 2 N–H and O–H groups in total. The monoisotopic (exact) mass is 234 g/mol. The van der Waals surface area contributed by atoms with E-state index in [4.69, 9.17) is 10.2 Å². The van der Waals surface area contributed by atoms with E-state index in [0.29, 0.717) is 0 Å². The molecule has 0 aliphatic carbocycles. The van der Waals surface area contributed by atoms with Crippen molar-refractivity contribution < 1.29 is 19.8 Å². The molecule has 0 aliphatic rings. The molecule has 6 heteroatoms. The second-order valence-electron chi connectivity index (χ2n) is 3.44. The van der Waals surface area contributed by atoms with Crippen LogP contribution in [0.5, 0.6) is 0 Å². The molecule has 0 aliphatic heterocycles. The summed E-state index contributed by atoms with van der Waals surface area (Å²) in [4.78, 5) is 18.9. The van der Waals surface area contributed by atoms with Gasteiger partial charge in [0.2, 0.25) is 0 Å². The first-order chi connectivity index (χ1) is 6.97. The first-order valence-corrected chi connectivity index (χ1v) is 5.41. The minimum absolute atomic E-state index is 0. The molecular weight excluding hydrogens is 214 g/mol. The third kappa shape index (κ3) is 20.0. The Balaban J connectivity index is -0.000000200. The van der Waals surface area contributed by atoms with Gasteiger partial charge in [-0.05, 0) is 0 Å². The fourth-order valence-electron chi connectivity index (χ4n) is 1.23. The zero-order valence-electron chi connectivity index (χ0n) is 9.82. The van der Waals surface area contributed by atoms with Gasteiger partial charge in [-0.3, -0.25) is 9.59 Å². The molecule has 0 saturated carbocycles. The zero-order chi connectivity index (χ0) is 12.3. The number of aliphatic carboxylic acids is 2. The van der Waals surface area contributed by atoms with Crippen molar-refractivity contribution in [1.82, 2.24) is 0 Å².